The summed E-state index contributed by atoms with van der Waals surface area (Å²) in [5.41, 5.74) is 2.58. The van der Waals surface area contributed by atoms with Crippen molar-refractivity contribution < 1.29 is 33.0 Å². The lowest BCUT2D eigenvalue weighted by molar-refractivity contribution is -0.147. The first-order valence-corrected chi connectivity index (χ1v) is 12.8. The van der Waals surface area contributed by atoms with Crippen LogP contribution in [0.5, 0.6) is 5.75 Å². The van der Waals surface area contributed by atoms with Crippen LogP contribution in [0.1, 0.15) is 21.5 Å². The topological polar surface area (TPSA) is 103 Å². The minimum absolute atomic E-state index is 0.0141. The Morgan fingerprint density at radius 3 is 2.05 bits per heavy atom. The highest BCUT2D eigenvalue weighted by Gasteiger charge is 2.25. The third-order valence-corrected chi connectivity index (χ3v) is 6.06. The van der Waals surface area contributed by atoms with E-state index in [1.54, 1.807) is 60.7 Å². The average Bonchev–Trinajstić information content (AvgIpc) is 3.01. The molecule has 0 saturated heterocycles. The summed E-state index contributed by atoms with van der Waals surface area (Å²) in [5, 5.41) is 5.04. The molecule has 4 rings (SSSR count). The van der Waals surface area contributed by atoms with Gasteiger partial charge in [-0.3, -0.25) is 4.79 Å². The van der Waals surface area contributed by atoms with Crippen molar-refractivity contribution in [2.24, 2.45) is 0 Å². The quantitative estimate of drug-likeness (QED) is 0.244. The van der Waals surface area contributed by atoms with Crippen LogP contribution in [0.15, 0.2) is 103 Å². The van der Waals surface area contributed by atoms with Crippen molar-refractivity contribution in [1.29, 1.82) is 0 Å². The van der Waals surface area contributed by atoms with E-state index in [1.165, 1.54) is 19.2 Å². The Balaban J connectivity index is 1.45. The average molecular weight is 557 g/mol. The Labute approximate surface area is 237 Å². The smallest absolute Gasteiger partial charge is 0.408 e. The fourth-order valence-corrected chi connectivity index (χ4v) is 3.99. The second-order valence-corrected chi connectivity index (χ2v) is 8.99. The van der Waals surface area contributed by atoms with Gasteiger partial charge >= 0.3 is 12.1 Å². The molecule has 1 atom stereocenters. The first-order chi connectivity index (χ1) is 19.9. The summed E-state index contributed by atoms with van der Waals surface area (Å²) in [6.45, 7) is -0.371. The molecule has 0 bridgehead atoms. The van der Waals surface area contributed by atoms with Gasteiger partial charge in [-0.05, 0) is 41.0 Å². The van der Waals surface area contributed by atoms with Crippen LogP contribution in [0.4, 0.5) is 9.18 Å². The molecule has 41 heavy (non-hydrogen) atoms. The second kappa shape index (κ2) is 14.3. The second-order valence-electron chi connectivity index (χ2n) is 8.99. The van der Waals surface area contributed by atoms with Crippen LogP contribution in [0.3, 0.4) is 0 Å². The maximum Gasteiger partial charge on any atom is 0.408 e. The summed E-state index contributed by atoms with van der Waals surface area (Å²) in [6.07, 6.45) is -0.867. The molecule has 2 N–H and O–H groups in total. The normalized spacial score (nSPS) is 11.2. The molecule has 0 fully saturated rings. The van der Waals surface area contributed by atoms with Gasteiger partial charge in [0.1, 0.15) is 30.8 Å². The van der Waals surface area contributed by atoms with Gasteiger partial charge < -0.3 is 24.8 Å². The van der Waals surface area contributed by atoms with E-state index < -0.39 is 29.8 Å². The van der Waals surface area contributed by atoms with Gasteiger partial charge in [0, 0.05) is 17.7 Å². The number of carbonyl (C=O) groups is 3. The number of para-hydroxylation sites is 1. The number of amides is 2. The maximum absolute atomic E-state index is 14.5. The van der Waals surface area contributed by atoms with Gasteiger partial charge in [-0.15, -0.1) is 0 Å². The predicted octanol–water partition coefficient (Wildman–Crippen LogP) is 5.27. The number of ether oxygens (including phenoxy) is 3. The third-order valence-electron chi connectivity index (χ3n) is 6.06. The van der Waals surface area contributed by atoms with Crippen molar-refractivity contribution >= 4 is 18.0 Å². The number of nitrogens with one attached hydrogen (secondary N) is 2. The van der Waals surface area contributed by atoms with Crippen molar-refractivity contribution in [3.8, 4) is 16.9 Å². The summed E-state index contributed by atoms with van der Waals surface area (Å²) in [7, 11) is 1.50. The van der Waals surface area contributed by atoms with Gasteiger partial charge in [0.05, 0.1) is 7.11 Å². The molecule has 0 aromatic heterocycles. The van der Waals surface area contributed by atoms with Crippen molar-refractivity contribution in [2.45, 2.75) is 19.3 Å². The fraction of sp³-hybridized carbons (Fsp3) is 0.156. The van der Waals surface area contributed by atoms with Crippen LogP contribution in [0.2, 0.25) is 0 Å². The van der Waals surface area contributed by atoms with E-state index in [0.717, 1.165) is 17.2 Å². The number of alkyl carbamates (subject to hydrolysis) is 1. The molecule has 0 radical (unpaired) electrons. The molecule has 2 amide bonds. The molecule has 9 heteroatoms. The van der Waals surface area contributed by atoms with E-state index in [2.05, 4.69) is 10.6 Å². The molecule has 210 valence electrons. The van der Waals surface area contributed by atoms with Gasteiger partial charge in [-0.1, -0.05) is 78.9 Å². The molecule has 4 aromatic rings. The van der Waals surface area contributed by atoms with Crippen molar-refractivity contribution in [2.75, 3.05) is 13.7 Å². The highest BCUT2D eigenvalue weighted by Crippen LogP contribution is 2.30. The lowest BCUT2D eigenvalue weighted by Gasteiger charge is -2.18. The molecule has 0 aliphatic heterocycles. The van der Waals surface area contributed by atoms with Crippen molar-refractivity contribution in [3.63, 3.8) is 0 Å². The Morgan fingerprint density at radius 2 is 1.39 bits per heavy atom. The van der Waals surface area contributed by atoms with Gasteiger partial charge in [-0.2, -0.15) is 0 Å². The summed E-state index contributed by atoms with van der Waals surface area (Å²) < 4.78 is 30.5. The number of carbonyl (C=O) groups excluding carboxylic acids is 3. The molecule has 0 aliphatic rings. The monoisotopic (exact) mass is 556 g/mol. The standard InChI is InChI=1S/C32H29FN2O6/c1-39-29-15-9-8-14-27(29)24-16-25(18-26(33)17-24)30(36)34-19-28(31(37)40-20-22-10-4-2-5-11-22)35-32(38)41-21-23-12-6-3-7-13-23/h2-18,28H,19-21H2,1H3,(H,34,36)(H,35,38)/t28-/m1/s1. The Bertz CT molecular complexity index is 1480. The summed E-state index contributed by atoms with van der Waals surface area (Å²) in [4.78, 5) is 38.5. The lowest BCUT2D eigenvalue weighted by Crippen LogP contribution is -2.49. The lowest BCUT2D eigenvalue weighted by atomic mass is 10.0. The zero-order valence-corrected chi connectivity index (χ0v) is 22.3. The largest absolute Gasteiger partial charge is 0.496 e. The van der Waals surface area contributed by atoms with E-state index in [9.17, 15) is 18.8 Å². The summed E-state index contributed by atoms with van der Waals surface area (Å²) in [6, 6.07) is 27.7. The highest BCUT2D eigenvalue weighted by atomic mass is 19.1. The van der Waals surface area contributed by atoms with Crippen LogP contribution in [-0.2, 0) is 27.5 Å². The van der Waals surface area contributed by atoms with Crippen LogP contribution < -0.4 is 15.4 Å². The third kappa shape index (κ3) is 8.40. The zero-order valence-electron chi connectivity index (χ0n) is 22.3. The molecule has 0 unspecified atom stereocenters. The first-order valence-electron chi connectivity index (χ1n) is 12.8. The van der Waals surface area contributed by atoms with E-state index >= 15 is 0 Å². The number of rotatable bonds is 11. The van der Waals surface area contributed by atoms with Gasteiger partial charge in [0.25, 0.3) is 5.91 Å². The SMILES string of the molecule is COc1ccccc1-c1cc(F)cc(C(=O)NC[C@@H](NC(=O)OCc2ccccc2)C(=O)OCc2ccccc2)c1. The molecule has 4 aromatic carbocycles. The Morgan fingerprint density at radius 1 is 0.780 bits per heavy atom. The number of halogens is 1. The van der Waals surface area contributed by atoms with E-state index in [-0.39, 0.29) is 25.3 Å². The summed E-state index contributed by atoms with van der Waals surface area (Å²) >= 11 is 0. The molecule has 0 heterocycles. The van der Waals surface area contributed by atoms with Crippen LogP contribution in [-0.4, -0.2) is 37.7 Å². The fourth-order valence-electron chi connectivity index (χ4n) is 3.99. The van der Waals surface area contributed by atoms with E-state index in [4.69, 9.17) is 14.2 Å². The van der Waals surface area contributed by atoms with Gasteiger partial charge in [0.15, 0.2) is 0 Å². The first kappa shape index (κ1) is 28.8. The van der Waals surface area contributed by atoms with Crippen LogP contribution >= 0.6 is 0 Å². The van der Waals surface area contributed by atoms with Gasteiger partial charge in [-0.25, -0.2) is 14.0 Å². The molecular weight excluding hydrogens is 527 g/mol. The maximum atomic E-state index is 14.5. The van der Waals surface area contributed by atoms with Gasteiger partial charge in [0.2, 0.25) is 0 Å². The van der Waals surface area contributed by atoms with Crippen LogP contribution in [0.25, 0.3) is 11.1 Å². The van der Waals surface area contributed by atoms with Crippen molar-refractivity contribution in [1.82, 2.24) is 10.6 Å². The molecule has 0 aliphatic carbocycles. The number of benzene rings is 4. The minimum Gasteiger partial charge on any atom is -0.496 e. The number of hydrogen-bond donors (Lipinski definition) is 2. The Kier molecular flexibility index (Phi) is 10.0. The highest BCUT2D eigenvalue weighted by molar-refractivity contribution is 5.96. The van der Waals surface area contributed by atoms with Crippen LogP contribution in [0, 0.1) is 5.82 Å². The van der Waals surface area contributed by atoms with E-state index in [1.807, 2.05) is 24.3 Å². The molecular formula is C32H29FN2O6. The zero-order chi connectivity index (χ0) is 29.0. The Hall–Kier alpha value is -5.18. The number of hydrogen-bond acceptors (Lipinski definition) is 6. The molecule has 0 saturated carbocycles. The minimum atomic E-state index is -1.27. The molecule has 8 nitrogen and oxygen atoms in total. The van der Waals surface area contributed by atoms with E-state index in [0.29, 0.717) is 16.9 Å². The molecule has 0 spiro atoms. The predicted molar refractivity (Wildman–Crippen MR) is 151 cm³/mol. The van der Waals surface area contributed by atoms with Crippen molar-refractivity contribution in [3.05, 3.63) is 126 Å². The number of methoxy groups -OCH3 is 1. The summed E-state index contributed by atoms with van der Waals surface area (Å²) in [5.74, 6) is -1.54. The number of esters is 1.